The maximum absolute atomic E-state index is 10.8. The number of non-ortho nitro benzene ring substituents is 2. The first-order valence-corrected chi connectivity index (χ1v) is 7.81. The molecule has 0 heterocycles. The van der Waals surface area contributed by atoms with E-state index in [1.54, 1.807) is 24.3 Å². The summed E-state index contributed by atoms with van der Waals surface area (Å²) >= 11 is 0. The predicted octanol–water partition coefficient (Wildman–Crippen LogP) is 2.61. The van der Waals surface area contributed by atoms with Crippen molar-refractivity contribution in [3.05, 3.63) is 79.9 Å². The molecule has 0 aliphatic heterocycles. The fraction of sp³-hybridized carbons (Fsp3) is 0.294. The van der Waals surface area contributed by atoms with Crippen molar-refractivity contribution in [2.75, 3.05) is 13.1 Å². The van der Waals surface area contributed by atoms with Crippen molar-refractivity contribution in [1.29, 1.82) is 0 Å². The maximum atomic E-state index is 10.8. The van der Waals surface area contributed by atoms with Crippen LogP contribution >= 0.6 is 0 Å². The molecule has 132 valence electrons. The zero-order chi connectivity index (χ0) is 18.4. The molecule has 8 heteroatoms. The van der Waals surface area contributed by atoms with E-state index in [1.165, 1.54) is 24.3 Å². The third kappa shape index (κ3) is 4.59. The van der Waals surface area contributed by atoms with Gasteiger partial charge in [-0.3, -0.25) is 20.2 Å². The summed E-state index contributed by atoms with van der Waals surface area (Å²) in [6.45, 7) is 2.93. The van der Waals surface area contributed by atoms with E-state index in [2.05, 4.69) is 5.32 Å². The molecule has 0 aliphatic carbocycles. The molecule has 0 bridgehead atoms. The highest BCUT2D eigenvalue weighted by Gasteiger charge is 2.24. The summed E-state index contributed by atoms with van der Waals surface area (Å²) in [5.74, 6) is -0.458. The van der Waals surface area contributed by atoms with Crippen molar-refractivity contribution < 1.29 is 15.0 Å². The Hall–Kier alpha value is -2.84. The molecule has 2 N–H and O–H groups in total. The second-order valence-electron chi connectivity index (χ2n) is 5.55. The van der Waals surface area contributed by atoms with E-state index >= 15 is 0 Å². The summed E-state index contributed by atoms with van der Waals surface area (Å²) in [7, 11) is 0. The first kappa shape index (κ1) is 18.5. The van der Waals surface area contributed by atoms with Crippen molar-refractivity contribution in [3.63, 3.8) is 0 Å². The van der Waals surface area contributed by atoms with E-state index in [0.29, 0.717) is 24.2 Å². The van der Waals surface area contributed by atoms with Gasteiger partial charge in [0.1, 0.15) is 0 Å². The quantitative estimate of drug-likeness (QED) is 0.561. The Kier molecular flexibility index (Phi) is 6.15. The number of nitro groups is 2. The van der Waals surface area contributed by atoms with Crippen molar-refractivity contribution in [1.82, 2.24) is 5.32 Å². The van der Waals surface area contributed by atoms with Gasteiger partial charge in [-0.2, -0.15) is 0 Å². The number of aliphatic hydroxyl groups excluding tert-OH is 1. The van der Waals surface area contributed by atoms with Crippen LogP contribution in [0.25, 0.3) is 0 Å². The van der Waals surface area contributed by atoms with Gasteiger partial charge in [-0.15, -0.1) is 0 Å². The number of benzene rings is 2. The summed E-state index contributed by atoms with van der Waals surface area (Å²) in [5.41, 5.74) is 1.33. The Morgan fingerprint density at radius 3 is 1.64 bits per heavy atom. The molecule has 0 aliphatic rings. The molecule has 1 unspecified atom stereocenters. The zero-order valence-electron chi connectivity index (χ0n) is 13.7. The van der Waals surface area contributed by atoms with Crippen LogP contribution in [0.1, 0.15) is 24.0 Å². The van der Waals surface area contributed by atoms with Crippen molar-refractivity contribution >= 4 is 11.4 Å². The lowest BCUT2D eigenvalue weighted by molar-refractivity contribution is -0.385. The van der Waals surface area contributed by atoms with E-state index < -0.39 is 21.9 Å². The third-order valence-corrected chi connectivity index (χ3v) is 3.91. The van der Waals surface area contributed by atoms with Gasteiger partial charge in [0.05, 0.1) is 16.0 Å². The van der Waals surface area contributed by atoms with E-state index in [-0.39, 0.29) is 11.4 Å². The number of likely N-dealkylation sites (N-methyl/N-ethyl adjacent to an activating group) is 1. The Balaban J connectivity index is 2.38. The van der Waals surface area contributed by atoms with Gasteiger partial charge in [0.2, 0.25) is 0 Å². The number of hydrogen-bond donors (Lipinski definition) is 2. The first-order chi connectivity index (χ1) is 11.9. The largest absolute Gasteiger partial charge is 0.391 e. The number of aliphatic hydroxyl groups is 1. The van der Waals surface area contributed by atoms with Crippen LogP contribution in [0, 0.1) is 20.2 Å². The molecule has 1 atom stereocenters. The highest BCUT2D eigenvalue weighted by molar-refractivity contribution is 5.42. The van der Waals surface area contributed by atoms with Crippen LogP contribution in [0.3, 0.4) is 0 Å². The molecular formula is C17H19N3O5. The van der Waals surface area contributed by atoms with Crippen molar-refractivity contribution in [2.24, 2.45) is 0 Å². The summed E-state index contributed by atoms with van der Waals surface area (Å²) < 4.78 is 0. The monoisotopic (exact) mass is 345 g/mol. The number of nitro benzene ring substituents is 2. The summed E-state index contributed by atoms with van der Waals surface area (Å²) in [4.78, 5) is 20.6. The van der Waals surface area contributed by atoms with Gasteiger partial charge in [0, 0.05) is 36.7 Å². The fourth-order valence-electron chi connectivity index (χ4n) is 2.65. The Morgan fingerprint density at radius 2 is 1.32 bits per heavy atom. The highest BCUT2D eigenvalue weighted by Crippen LogP contribution is 2.30. The normalized spacial score (nSPS) is 12.1. The number of nitrogens with one attached hydrogen (secondary N) is 1. The smallest absolute Gasteiger partial charge is 0.269 e. The lowest BCUT2D eigenvalue weighted by Gasteiger charge is -2.24. The molecule has 2 aromatic rings. The van der Waals surface area contributed by atoms with Gasteiger partial charge >= 0.3 is 0 Å². The van der Waals surface area contributed by atoms with Crippen LogP contribution in [0.2, 0.25) is 0 Å². The van der Waals surface area contributed by atoms with E-state index in [4.69, 9.17) is 0 Å². The molecule has 0 aromatic heterocycles. The minimum Gasteiger partial charge on any atom is -0.391 e. The van der Waals surface area contributed by atoms with E-state index in [1.807, 2.05) is 6.92 Å². The van der Waals surface area contributed by atoms with Crippen LogP contribution in [0.5, 0.6) is 0 Å². The Bertz CT molecular complexity index is 673. The molecule has 8 nitrogen and oxygen atoms in total. The van der Waals surface area contributed by atoms with Crippen LogP contribution in [0.15, 0.2) is 48.5 Å². The molecule has 0 fully saturated rings. The Morgan fingerprint density at radius 1 is 0.920 bits per heavy atom. The summed E-state index contributed by atoms with van der Waals surface area (Å²) in [6.07, 6.45) is -0.789. The van der Waals surface area contributed by atoms with E-state index in [0.717, 1.165) is 0 Å². The van der Waals surface area contributed by atoms with Crippen LogP contribution < -0.4 is 5.32 Å². The molecule has 2 rings (SSSR count). The van der Waals surface area contributed by atoms with Gasteiger partial charge in [-0.05, 0) is 17.7 Å². The van der Waals surface area contributed by atoms with Crippen LogP contribution in [-0.4, -0.2) is 34.1 Å². The van der Waals surface area contributed by atoms with Crippen LogP contribution in [0.4, 0.5) is 11.4 Å². The summed E-state index contributed by atoms with van der Waals surface area (Å²) in [5, 5.41) is 35.3. The zero-order valence-corrected chi connectivity index (χ0v) is 13.7. The topological polar surface area (TPSA) is 119 Å². The molecule has 0 radical (unpaired) electrons. The summed E-state index contributed by atoms with van der Waals surface area (Å²) in [6, 6.07) is 11.9. The highest BCUT2D eigenvalue weighted by atomic mass is 16.6. The van der Waals surface area contributed by atoms with Crippen LogP contribution in [-0.2, 0) is 0 Å². The first-order valence-electron chi connectivity index (χ1n) is 7.81. The molecule has 0 spiro atoms. The molecule has 25 heavy (non-hydrogen) atoms. The minimum atomic E-state index is -0.789. The second kappa shape index (κ2) is 8.32. The Labute approximate surface area is 144 Å². The van der Waals surface area contributed by atoms with E-state index in [9.17, 15) is 25.3 Å². The number of nitrogens with zero attached hydrogens (tertiary/aromatic N) is 2. The molecule has 2 aromatic carbocycles. The van der Waals surface area contributed by atoms with Gasteiger partial charge in [0.15, 0.2) is 0 Å². The van der Waals surface area contributed by atoms with Gasteiger partial charge in [-0.1, -0.05) is 31.2 Å². The van der Waals surface area contributed by atoms with Gasteiger partial charge in [0.25, 0.3) is 11.4 Å². The van der Waals surface area contributed by atoms with Gasteiger partial charge in [-0.25, -0.2) is 0 Å². The fourth-order valence-corrected chi connectivity index (χ4v) is 2.65. The molecule has 0 saturated carbocycles. The maximum Gasteiger partial charge on any atom is 0.269 e. The molecule has 0 amide bonds. The molecular weight excluding hydrogens is 326 g/mol. The lowest BCUT2D eigenvalue weighted by Crippen LogP contribution is -2.32. The van der Waals surface area contributed by atoms with Gasteiger partial charge < -0.3 is 10.4 Å². The SMILES string of the molecule is CCNCC(O)C(c1ccc([N+](=O)[O-])cc1)c1ccc([N+](=O)[O-])cc1. The lowest BCUT2D eigenvalue weighted by atomic mass is 9.86. The standard InChI is InChI=1S/C17H19N3O5/c1-2-18-11-16(21)17(12-3-7-14(8-4-12)19(22)23)13-5-9-15(10-6-13)20(24)25/h3-10,16-18,21H,2,11H2,1H3. The minimum absolute atomic E-state index is 0.0348. The number of hydrogen-bond acceptors (Lipinski definition) is 6. The predicted molar refractivity (Wildman–Crippen MR) is 92.6 cm³/mol. The average molecular weight is 345 g/mol. The van der Waals surface area contributed by atoms with Crippen molar-refractivity contribution in [2.45, 2.75) is 18.9 Å². The average Bonchev–Trinajstić information content (AvgIpc) is 2.61. The third-order valence-electron chi connectivity index (χ3n) is 3.91. The second-order valence-corrected chi connectivity index (χ2v) is 5.55. The van der Waals surface area contributed by atoms with Crippen molar-refractivity contribution in [3.8, 4) is 0 Å². The molecule has 0 saturated heterocycles. The number of rotatable bonds is 8.